The zero-order valence-corrected chi connectivity index (χ0v) is 19.7. The Bertz CT molecular complexity index is 1610. The van der Waals surface area contributed by atoms with Gasteiger partial charge in [0.25, 0.3) is 5.91 Å². The van der Waals surface area contributed by atoms with E-state index in [-0.39, 0.29) is 5.56 Å². The van der Waals surface area contributed by atoms with Crippen molar-refractivity contribution in [1.82, 2.24) is 24.5 Å². The van der Waals surface area contributed by atoms with Gasteiger partial charge in [-0.3, -0.25) is 9.78 Å². The van der Waals surface area contributed by atoms with Crippen LogP contribution in [0.5, 0.6) is 0 Å². The molecule has 0 aliphatic heterocycles. The van der Waals surface area contributed by atoms with Gasteiger partial charge in [-0.25, -0.2) is 15.0 Å². The number of nitrogens with one attached hydrogen (secondary N) is 2. The molecule has 5 aromatic rings. The maximum atomic E-state index is 13.1. The molecule has 0 atom stereocenters. The number of carbonyl (C=O) groups is 1. The van der Waals surface area contributed by atoms with E-state index in [1.165, 1.54) is 12.1 Å². The number of anilines is 3. The Morgan fingerprint density at radius 3 is 2.62 bits per heavy atom. The van der Waals surface area contributed by atoms with Crippen LogP contribution >= 0.6 is 0 Å². The van der Waals surface area contributed by atoms with E-state index in [2.05, 4.69) is 30.6 Å². The smallest absolute Gasteiger partial charge is 0.338 e. The average Bonchev–Trinajstić information content (AvgIpc) is 3.27. The number of benzene rings is 2. The molecule has 186 valence electrons. The van der Waals surface area contributed by atoms with Gasteiger partial charge >= 0.3 is 6.18 Å². The highest BCUT2D eigenvalue weighted by Gasteiger charge is 2.31. The van der Waals surface area contributed by atoms with Gasteiger partial charge in [-0.2, -0.15) is 13.2 Å². The number of aryl methyl sites for hydroxylation is 2. The number of halogens is 3. The predicted molar refractivity (Wildman–Crippen MR) is 133 cm³/mol. The number of fused-ring (bicyclic) bond motifs is 1. The molecule has 2 aromatic carbocycles. The van der Waals surface area contributed by atoms with Gasteiger partial charge < -0.3 is 15.2 Å². The van der Waals surface area contributed by atoms with Crippen LogP contribution in [0.1, 0.15) is 21.5 Å². The van der Waals surface area contributed by atoms with Gasteiger partial charge in [-0.15, -0.1) is 0 Å². The van der Waals surface area contributed by atoms with Gasteiger partial charge in [0.15, 0.2) is 22.8 Å². The maximum Gasteiger partial charge on any atom is 0.416 e. The summed E-state index contributed by atoms with van der Waals surface area (Å²) < 4.78 is 40.9. The first-order chi connectivity index (χ1) is 17.7. The number of hydrogen-bond donors (Lipinski definition) is 2. The minimum atomic E-state index is -4.54. The van der Waals surface area contributed by atoms with Crippen LogP contribution in [0.3, 0.4) is 0 Å². The number of carbonyl (C=O) groups excluding carboxylic acids is 1. The molecule has 0 aliphatic rings. The minimum Gasteiger partial charge on any atom is -0.338 e. The number of pyridine rings is 1. The van der Waals surface area contributed by atoms with Crippen LogP contribution in [0.2, 0.25) is 0 Å². The van der Waals surface area contributed by atoms with Crippen LogP contribution in [0.15, 0.2) is 73.3 Å². The Labute approximate surface area is 209 Å². The Hall–Kier alpha value is -4.80. The van der Waals surface area contributed by atoms with Crippen molar-refractivity contribution in [3.63, 3.8) is 0 Å². The second-order valence-corrected chi connectivity index (χ2v) is 8.35. The van der Waals surface area contributed by atoms with Crippen LogP contribution < -0.4 is 10.6 Å². The third-order valence-electron chi connectivity index (χ3n) is 5.68. The van der Waals surface area contributed by atoms with Crippen LogP contribution in [-0.2, 0) is 13.2 Å². The van der Waals surface area contributed by atoms with Gasteiger partial charge in [0.05, 0.1) is 11.9 Å². The Morgan fingerprint density at radius 1 is 1.03 bits per heavy atom. The maximum absolute atomic E-state index is 13.1. The molecule has 3 heterocycles. The van der Waals surface area contributed by atoms with Crippen molar-refractivity contribution in [2.75, 3.05) is 10.6 Å². The van der Waals surface area contributed by atoms with E-state index in [9.17, 15) is 18.0 Å². The van der Waals surface area contributed by atoms with E-state index in [1.54, 1.807) is 47.6 Å². The second kappa shape index (κ2) is 9.34. The zero-order valence-electron chi connectivity index (χ0n) is 19.7. The summed E-state index contributed by atoms with van der Waals surface area (Å²) in [6.07, 6.45) is 0.417. The van der Waals surface area contributed by atoms with Crippen molar-refractivity contribution in [1.29, 1.82) is 0 Å². The van der Waals surface area contributed by atoms with Crippen molar-refractivity contribution in [2.24, 2.45) is 7.05 Å². The van der Waals surface area contributed by atoms with E-state index in [0.717, 1.165) is 23.3 Å². The van der Waals surface area contributed by atoms with E-state index < -0.39 is 17.6 Å². The molecule has 0 aliphatic carbocycles. The average molecular weight is 503 g/mol. The van der Waals surface area contributed by atoms with Crippen LogP contribution in [-0.4, -0.2) is 30.4 Å². The highest BCUT2D eigenvalue weighted by Crippen LogP contribution is 2.31. The zero-order chi connectivity index (χ0) is 26.2. The molecule has 0 saturated heterocycles. The molecule has 0 unspecified atom stereocenters. The quantitative estimate of drug-likeness (QED) is 0.317. The topological polar surface area (TPSA) is 97.6 Å². The lowest BCUT2D eigenvalue weighted by molar-refractivity contribution is -0.137. The number of aromatic nitrogens is 5. The predicted octanol–water partition coefficient (Wildman–Crippen LogP) is 5.75. The highest BCUT2D eigenvalue weighted by molar-refractivity contribution is 6.04. The summed E-state index contributed by atoms with van der Waals surface area (Å²) in [6.45, 7) is 1.87. The summed E-state index contributed by atoms with van der Waals surface area (Å²) in [5.74, 6) is 0.251. The lowest BCUT2D eigenvalue weighted by atomic mass is 10.1. The number of imidazole rings is 1. The molecular weight excluding hydrogens is 483 g/mol. The third kappa shape index (κ3) is 4.96. The summed E-state index contributed by atoms with van der Waals surface area (Å²) in [6, 6.07) is 13.0. The number of rotatable bonds is 5. The molecule has 2 N–H and O–H groups in total. The molecule has 5 rings (SSSR count). The third-order valence-corrected chi connectivity index (χ3v) is 5.68. The minimum absolute atomic E-state index is 0.1000. The molecule has 3 aromatic heterocycles. The molecule has 11 heteroatoms. The summed E-state index contributed by atoms with van der Waals surface area (Å²) in [7, 11) is 1.83. The van der Waals surface area contributed by atoms with Gasteiger partial charge in [-0.05, 0) is 55.0 Å². The fraction of sp³-hybridized carbons (Fsp3) is 0.115. The summed E-state index contributed by atoms with van der Waals surface area (Å²) in [5.41, 5.74) is 2.78. The van der Waals surface area contributed by atoms with E-state index in [0.29, 0.717) is 34.2 Å². The monoisotopic (exact) mass is 503 g/mol. The van der Waals surface area contributed by atoms with Gasteiger partial charge in [0.1, 0.15) is 0 Å². The second-order valence-electron chi connectivity index (χ2n) is 8.35. The molecule has 0 radical (unpaired) electrons. The van der Waals surface area contributed by atoms with Crippen molar-refractivity contribution >= 4 is 34.3 Å². The molecule has 0 fully saturated rings. The van der Waals surface area contributed by atoms with Gasteiger partial charge in [0.2, 0.25) is 0 Å². The number of alkyl halides is 3. The number of nitrogens with zero attached hydrogens (tertiary/aromatic N) is 5. The standard InChI is InChI=1S/C26H20F3N7O/c1-15-8-9-19(32-25(37)16-5-3-7-18(11-16)26(27,28)29)12-20(15)33-23-21-24(36(2)14-31-21)35-22(34-23)17-6-4-10-30-13-17/h3-14H,1-2H3,(H,32,37)(H,33,34,35). The van der Waals surface area contributed by atoms with Crippen molar-refractivity contribution in [3.8, 4) is 11.4 Å². The first-order valence-corrected chi connectivity index (χ1v) is 11.1. The first kappa shape index (κ1) is 23.9. The van der Waals surface area contributed by atoms with E-state index in [4.69, 9.17) is 0 Å². The molecule has 8 nitrogen and oxygen atoms in total. The first-order valence-electron chi connectivity index (χ1n) is 11.1. The highest BCUT2D eigenvalue weighted by atomic mass is 19.4. The summed E-state index contributed by atoms with van der Waals surface area (Å²) >= 11 is 0. The molecule has 0 bridgehead atoms. The van der Waals surface area contributed by atoms with Crippen molar-refractivity contribution < 1.29 is 18.0 Å². The molecule has 0 saturated carbocycles. The fourth-order valence-electron chi connectivity index (χ4n) is 3.72. The largest absolute Gasteiger partial charge is 0.416 e. The Kier molecular flexibility index (Phi) is 6.04. The normalized spacial score (nSPS) is 11.5. The van der Waals surface area contributed by atoms with Gasteiger partial charge in [-0.1, -0.05) is 12.1 Å². The number of hydrogen-bond acceptors (Lipinski definition) is 6. The van der Waals surface area contributed by atoms with Crippen LogP contribution in [0.25, 0.3) is 22.6 Å². The molecule has 37 heavy (non-hydrogen) atoms. The number of amides is 1. The van der Waals surface area contributed by atoms with Gasteiger partial charge in [0, 0.05) is 41.9 Å². The van der Waals surface area contributed by atoms with Crippen molar-refractivity contribution in [2.45, 2.75) is 13.1 Å². The SMILES string of the molecule is Cc1ccc(NC(=O)c2cccc(C(F)(F)F)c2)cc1Nc1nc(-c2cccnc2)nc2c1ncn2C. The van der Waals surface area contributed by atoms with E-state index >= 15 is 0 Å². The Balaban J connectivity index is 1.46. The summed E-state index contributed by atoms with van der Waals surface area (Å²) in [4.78, 5) is 30.5. The molecular formula is C26H20F3N7O. The van der Waals surface area contributed by atoms with Crippen LogP contribution in [0, 0.1) is 6.92 Å². The lowest BCUT2D eigenvalue weighted by Gasteiger charge is -2.14. The Morgan fingerprint density at radius 2 is 1.86 bits per heavy atom. The fourth-order valence-corrected chi connectivity index (χ4v) is 3.72. The molecule has 1 amide bonds. The summed E-state index contributed by atoms with van der Waals surface area (Å²) in [5, 5.41) is 5.94. The van der Waals surface area contributed by atoms with Crippen molar-refractivity contribution in [3.05, 3.63) is 90.0 Å². The van der Waals surface area contributed by atoms with Crippen LogP contribution in [0.4, 0.5) is 30.4 Å². The lowest BCUT2D eigenvalue weighted by Crippen LogP contribution is -2.14. The molecule has 0 spiro atoms. The van der Waals surface area contributed by atoms with E-state index in [1.807, 2.05) is 20.0 Å².